The summed E-state index contributed by atoms with van der Waals surface area (Å²) in [5.74, 6) is 0. The fourth-order valence-electron chi connectivity index (χ4n) is 1.36. The van der Waals surface area contributed by atoms with Crippen molar-refractivity contribution in [2.45, 2.75) is 26.7 Å². The average molecular weight is 205 g/mol. The van der Waals surface area contributed by atoms with Crippen molar-refractivity contribution in [3.8, 4) is 0 Å². The van der Waals surface area contributed by atoms with Gasteiger partial charge in [0.2, 0.25) is 5.65 Å². The standard InChI is InChI=1S/C11H15N3O/c1-3-4-7-12-11-14-10-9(15-11)6-5-8(2)13-10/h5-6H,3-4,7H2,1-2H3,(H,12,13,14). The lowest BCUT2D eigenvalue weighted by atomic mass is 10.3. The Labute approximate surface area is 88.7 Å². The summed E-state index contributed by atoms with van der Waals surface area (Å²) in [6.45, 7) is 4.99. The minimum absolute atomic E-state index is 0.566. The first-order valence-corrected chi connectivity index (χ1v) is 5.27. The molecule has 4 nitrogen and oxygen atoms in total. The van der Waals surface area contributed by atoms with E-state index in [9.17, 15) is 0 Å². The Bertz CT molecular complexity index is 450. The van der Waals surface area contributed by atoms with Crippen LogP contribution in [0.25, 0.3) is 11.2 Å². The van der Waals surface area contributed by atoms with Crippen molar-refractivity contribution in [2.24, 2.45) is 0 Å². The minimum Gasteiger partial charge on any atom is -0.422 e. The second kappa shape index (κ2) is 4.29. The molecule has 0 saturated carbocycles. The molecule has 15 heavy (non-hydrogen) atoms. The molecule has 0 unspecified atom stereocenters. The van der Waals surface area contributed by atoms with Crippen molar-refractivity contribution >= 4 is 17.2 Å². The zero-order valence-corrected chi connectivity index (χ0v) is 9.08. The van der Waals surface area contributed by atoms with Crippen LogP contribution >= 0.6 is 0 Å². The van der Waals surface area contributed by atoms with E-state index < -0.39 is 0 Å². The lowest BCUT2D eigenvalue weighted by Gasteiger charge is -1.97. The number of nitrogens with zero attached hydrogens (tertiary/aromatic N) is 2. The summed E-state index contributed by atoms with van der Waals surface area (Å²) in [6, 6.07) is 4.38. The van der Waals surface area contributed by atoms with E-state index in [2.05, 4.69) is 22.2 Å². The van der Waals surface area contributed by atoms with Crippen LogP contribution in [-0.4, -0.2) is 16.5 Å². The van der Waals surface area contributed by atoms with Gasteiger partial charge in [-0.2, -0.15) is 4.98 Å². The quantitative estimate of drug-likeness (QED) is 0.780. The van der Waals surface area contributed by atoms with Gasteiger partial charge >= 0.3 is 0 Å². The molecular weight excluding hydrogens is 190 g/mol. The number of aryl methyl sites for hydroxylation is 1. The number of oxazole rings is 1. The molecule has 2 heterocycles. The second-order valence-electron chi connectivity index (χ2n) is 3.57. The molecule has 0 amide bonds. The third-order valence-corrected chi connectivity index (χ3v) is 2.20. The van der Waals surface area contributed by atoms with E-state index in [0.717, 1.165) is 30.7 Å². The van der Waals surface area contributed by atoms with Crippen LogP contribution in [0, 0.1) is 6.92 Å². The first kappa shape index (κ1) is 9.96. The van der Waals surface area contributed by atoms with Crippen LogP contribution in [-0.2, 0) is 0 Å². The zero-order valence-electron chi connectivity index (χ0n) is 9.08. The number of aromatic nitrogens is 2. The Morgan fingerprint density at radius 2 is 2.20 bits per heavy atom. The van der Waals surface area contributed by atoms with Gasteiger partial charge < -0.3 is 9.73 Å². The predicted octanol–water partition coefficient (Wildman–Crippen LogP) is 2.74. The zero-order chi connectivity index (χ0) is 10.7. The van der Waals surface area contributed by atoms with Crippen LogP contribution < -0.4 is 5.32 Å². The summed E-state index contributed by atoms with van der Waals surface area (Å²) in [4.78, 5) is 8.54. The number of hydrogen-bond donors (Lipinski definition) is 1. The van der Waals surface area contributed by atoms with E-state index >= 15 is 0 Å². The van der Waals surface area contributed by atoms with Crippen LogP contribution in [0.4, 0.5) is 6.01 Å². The fourth-order valence-corrected chi connectivity index (χ4v) is 1.36. The van der Waals surface area contributed by atoms with E-state index in [1.807, 2.05) is 19.1 Å². The molecule has 0 aliphatic carbocycles. The maximum atomic E-state index is 5.48. The molecule has 0 bridgehead atoms. The van der Waals surface area contributed by atoms with Gasteiger partial charge in [0.1, 0.15) is 0 Å². The summed E-state index contributed by atoms with van der Waals surface area (Å²) < 4.78 is 5.48. The molecule has 0 aromatic carbocycles. The predicted molar refractivity (Wildman–Crippen MR) is 59.9 cm³/mol. The third kappa shape index (κ3) is 2.26. The molecule has 0 aliphatic heterocycles. The average Bonchev–Trinajstić information content (AvgIpc) is 2.60. The summed E-state index contributed by atoms with van der Waals surface area (Å²) in [5, 5.41) is 3.14. The van der Waals surface area contributed by atoms with Gasteiger partial charge in [0, 0.05) is 12.2 Å². The first-order chi connectivity index (χ1) is 7.29. The molecule has 0 saturated heterocycles. The van der Waals surface area contributed by atoms with Gasteiger partial charge in [0.05, 0.1) is 0 Å². The Kier molecular flexibility index (Phi) is 2.85. The number of hydrogen-bond acceptors (Lipinski definition) is 4. The van der Waals surface area contributed by atoms with Gasteiger partial charge in [-0.05, 0) is 25.5 Å². The van der Waals surface area contributed by atoms with Crippen molar-refractivity contribution in [3.63, 3.8) is 0 Å². The largest absolute Gasteiger partial charge is 0.422 e. The summed E-state index contributed by atoms with van der Waals surface area (Å²) in [6.07, 6.45) is 2.27. The maximum absolute atomic E-state index is 5.48. The SMILES string of the molecule is CCCCNc1nc2nc(C)ccc2o1. The van der Waals surface area contributed by atoms with E-state index in [4.69, 9.17) is 4.42 Å². The first-order valence-electron chi connectivity index (χ1n) is 5.27. The van der Waals surface area contributed by atoms with Gasteiger partial charge in [0.15, 0.2) is 5.58 Å². The van der Waals surface area contributed by atoms with Crippen molar-refractivity contribution < 1.29 is 4.42 Å². The number of nitrogens with one attached hydrogen (secondary N) is 1. The van der Waals surface area contributed by atoms with Crippen LogP contribution in [0.15, 0.2) is 16.5 Å². The number of unbranched alkanes of at least 4 members (excludes halogenated alkanes) is 1. The van der Waals surface area contributed by atoms with Crippen molar-refractivity contribution in [2.75, 3.05) is 11.9 Å². The molecule has 1 N–H and O–H groups in total. The lowest BCUT2D eigenvalue weighted by Crippen LogP contribution is -2.00. The molecule has 0 aliphatic rings. The molecule has 2 aromatic rings. The van der Waals surface area contributed by atoms with Gasteiger partial charge in [0.25, 0.3) is 6.01 Å². The normalized spacial score (nSPS) is 10.8. The molecule has 0 fully saturated rings. The third-order valence-electron chi connectivity index (χ3n) is 2.20. The van der Waals surface area contributed by atoms with Crippen LogP contribution in [0.5, 0.6) is 0 Å². The molecule has 80 valence electrons. The molecule has 0 atom stereocenters. The number of fused-ring (bicyclic) bond motifs is 1. The summed E-state index contributed by atoms with van der Waals surface area (Å²) in [5.41, 5.74) is 2.37. The molecule has 2 aromatic heterocycles. The highest BCUT2D eigenvalue weighted by molar-refractivity contribution is 5.69. The van der Waals surface area contributed by atoms with Gasteiger partial charge in [-0.25, -0.2) is 4.98 Å². The van der Waals surface area contributed by atoms with Crippen LogP contribution in [0.2, 0.25) is 0 Å². The highest BCUT2D eigenvalue weighted by atomic mass is 16.4. The summed E-state index contributed by atoms with van der Waals surface area (Å²) in [7, 11) is 0. The Hall–Kier alpha value is -1.58. The molecule has 0 spiro atoms. The molecule has 2 rings (SSSR count). The van der Waals surface area contributed by atoms with E-state index in [1.54, 1.807) is 0 Å². The molecule has 4 heteroatoms. The topological polar surface area (TPSA) is 51.0 Å². The van der Waals surface area contributed by atoms with Crippen molar-refractivity contribution in [1.82, 2.24) is 9.97 Å². The molecule has 0 radical (unpaired) electrons. The second-order valence-corrected chi connectivity index (χ2v) is 3.57. The smallest absolute Gasteiger partial charge is 0.297 e. The summed E-state index contributed by atoms with van der Waals surface area (Å²) >= 11 is 0. The van der Waals surface area contributed by atoms with E-state index in [1.165, 1.54) is 0 Å². The highest BCUT2D eigenvalue weighted by Gasteiger charge is 2.05. The van der Waals surface area contributed by atoms with Crippen molar-refractivity contribution in [1.29, 1.82) is 0 Å². The van der Waals surface area contributed by atoms with Crippen molar-refractivity contribution in [3.05, 3.63) is 17.8 Å². The maximum Gasteiger partial charge on any atom is 0.297 e. The van der Waals surface area contributed by atoms with Gasteiger partial charge in [-0.1, -0.05) is 13.3 Å². The number of pyridine rings is 1. The highest BCUT2D eigenvalue weighted by Crippen LogP contribution is 2.17. The van der Waals surface area contributed by atoms with Gasteiger partial charge in [-0.3, -0.25) is 0 Å². The van der Waals surface area contributed by atoms with E-state index in [0.29, 0.717) is 11.7 Å². The van der Waals surface area contributed by atoms with Gasteiger partial charge in [-0.15, -0.1) is 0 Å². The van der Waals surface area contributed by atoms with Crippen LogP contribution in [0.3, 0.4) is 0 Å². The Morgan fingerprint density at radius 3 is 3.00 bits per heavy atom. The van der Waals surface area contributed by atoms with E-state index in [-0.39, 0.29) is 0 Å². The Balaban J connectivity index is 2.16. The number of anilines is 1. The molecular formula is C11H15N3O. The fraction of sp³-hybridized carbons (Fsp3) is 0.455. The minimum atomic E-state index is 0.566. The Morgan fingerprint density at radius 1 is 1.33 bits per heavy atom. The lowest BCUT2D eigenvalue weighted by molar-refractivity contribution is 0.611. The van der Waals surface area contributed by atoms with Crippen LogP contribution in [0.1, 0.15) is 25.5 Å². The number of rotatable bonds is 4. The monoisotopic (exact) mass is 205 g/mol.